The first kappa shape index (κ1) is 15.8. The first-order valence-corrected chi connectivity index (χ1v) is 8.38. The molecule has 1 fully saturated rings. The SMILES string of the molecule is O=C(Nc1cccc(Cl)c1)c1cc(N2CCCCCC2)ccn1. The quantitative estimate of drug-likeness (QED) is 0.909. The summed E-state index contributed by atoms with van der Waals surface area (Å²) in [5, 5.41) is 3.43. The molecule has 23 heavy (non-hydrogen) atoms. The van der Waals surface area contributed by atoms with Crippen molar-refractivity contribution < 1.29 is 4.79 Å². The Labute approximate surface area is 141 Å². The highest BCUT2D eigenvalue weighted by atomic mass is 35.5. The lowest BCUT2D eigenvalue weighted by Gasteiger charge is -2.22. The van der Waals surface area contributed by atoms with Gasteiger partial charge in [-0.25, -0.2) is 0 Å². The molecular weight excluding hydrogens is 310 g/mol. The van der Waals surface area contributed by atoms with Crippen LogP contribution >= 0.6 is 11.6 Å². The summed E-state index contributed by atoms with van der Waals surface area (Å²) in [6, 6.07) is 10.9. The molecule has 5 heteroatoms. The normalized spacial score (nSPS) is 15.1. The fourth-order valence-electron chi connectivity index (χ4n) is 2.83. The fourth-order valence-corrected chi connectivity index (χ4v) is 3.02. The van der Waals surface area contributed by atoms with Crippen LogP contribution in [0.25, 0.3) is 0 Å². The van der Waals surface area contributed by atoms with Crippen LogP contribution in [0.15, 0.2) is 42.6 Å². The molecule has 0 unspecified atom stereocenters. The number of aromatic nitrogens is 1. The number of amides is 1. The highest BCUT2D eigenvalue weighted by Crippen LogP contribution is 2.21. The first-order chi connectivity index (χ1) is 11.2. The van der Waals surface area contributed by atoms with Gasteiger partial charge < -0.3 is 10.2 Å². The number of rotatable bonds is 3. The molecule has 1 amide bonds. The minimum Gasteiger partial charge on any atom is -0.371 e. The van der Waals surface area contributed by atoms with E-state index in [1.54, 1.807) is 24.4 Å². The van der Waals surface area contributed by atoms with E-state index in [9.17, 15) is 4.79 Å². The Morgan fingerprint density at radius 2 is 1.87 bits per heavy atom. The molecule has 3 rings (SSSR count). The third-order valence-electron chi connectivity index (χ3n) is 4.03. The molecule has 0 saturated carbocycles. The summed E-state index contributed by atoms with van der Waals surface area (Å²) in [6.07, 6.45) is 6.67. The second-order valence-corrected chi connectivity index (χ2v) is 6.20. The molecular formula is C18H20ClN3O. The van der Waals surface area contributed by atoms with E-state index in [-0.39, 0.29) is 5.91 Å². The molecule has 1 aliphatic heterocycles. The predicted molar refractivity (Wildman–Crippen MR) is 94.3 cm³/mol. The monoisotopic (exact) mass is 329 g/mol. The van der Waals surface area contributed by atoms with E-state index in [1.165, 1.54) is 25.7 Å². The summed E-state index contributed by atoms with van der Waals surface area (Å²) in [7, 11) is 0. The van der Waals surface area contributed by atoms with E-state index in [2.05, 4.69) is 15.2 Å². The number of nitrogens with zero attached hydrogens (tertiary/aromatic N) is 2. The van der Waals surface area contributed by atoms with E-state index >= 15 is 0 Å². The second kappa shape index (κ2) is 7.47. The van der Waals surface area contributed by atoms with Gasteiger partial charge in [-0.05, 0) is 43.2 Å². The van der Waals surface area contributed by atoms with Crippen molar-refractivity contribution in [2.45, 2.75) is 25.7 Å². The fraction of sp³-hybridized carbons (Fsp3) is 0.333. The van der Waals surface area contributed by atoms with Crippen LogP contribution in [0.4, 0.5) is 11.4 Å². The molecule has 2 aromatic rings. The maximum Gasteiger partial charge on any atom is 0.274 e. The van der Waals surface area contributed by atoms with Crippen molar-refractivity contribution in [1.29, 1.82) is 0 Å². The van der Waals surface area contributed by atoms with Crippen molar-refractivity contribution in [1.82, 2.24) is 4.98 Å². The number of benzene rings is 1. The number of hydrogen-bond acceptors (Lipinski definition) is 3. The lowest BCUT2D eigenvalue weighted by Crippen LogP contribution is -2.24. The zero-order valence-corrected chi connectivity index (χ0v) is 13.7. The number of hydrogen-bond donors (Lipinski definition) is 1. The smallest absolute Gasteiger partial charge is 0.274 e. The Kier molecular flexibility index (Phi) is 5.13. The summed E-state index contributed by atoms with van der Waals surface area (Å²) >= 11 is 5.94. The van der Waals surface area contributed by atoms with Crippen LogP contribution in [0, 0.1) is 0 Å². The summed E-state index contributed by atoms with van der Waals surface area (Å²) in [5.41, 5.74) is 2.16. The molecule has 1 aromatic carbocycles. The number of carbonyl (C=O) groups excluding carboxylic acids is 1. The maximum absolute atomic E-state index is 12.4. The second-order valence-electron chi connectivity index (χ2n) is 5.77. The highest BCUT2D eigenvalue weighted by Gasteiger charge is 2.13. The molecule has 1 saturated heterocycles. The minimum atomic E-state index is -0.219. The summed E-state index contributed by atoms with van der Waals surface area (Å²) in [4.78, 5) is 18.9. The van der Waals surface area contributed by atoms with Gasteiger partial charge in [-0.1, -0.05) is 30.5 Å². The van der Waals surface area contributed by atoms with E-state index in [4.69, 9.17) is 11.6 Å². The van der Waals surface area contributed by atoms with Crippen molar-refractivity contribution in [2.24, 2.45) is 0 Å². The molecule has 0 bridgehead atoms. The Bertz CT molecular complexity index is 681. The van der Waals surface area contributed by atoms with Crippen LogP contribution < -0.4 is 10.2 Å². The van der Waals surface area contributed by atoms with Crippen molar-refractivity contribution in [3.05, 3.63) is 53.3 Å². The third-order valence-corrected chi connectivity index (χ3v) is 4.26. The van der Waals surface area contributed by atoms with Crippen molar-refractivity contribution in [3.63, 3.8) is 0 Å². The molecule has 0 atom stereocenters. The topological polar surface area (TPSA) is 45.2 Å². The average molecular weight is 330 g/mol. The standard InChI is InChI=1S/C18H20ClN3O/c19-14-6-5-7-15(12-14)21-18(23)17-13-16(8-9-20-17)22-10-3-1-2-4-11-22/h5-9,12-13H,1-4,10-11H2,(H,21,23). The van der Waals surface area contributed by atoms with Gasteiger partial charge in [0.05, 0.1) is 0 Å². The number of carbonyl (C=O) groups is 1. The van der Waals surface area contributed by atoms with Gasteiger partial charge in [-0.15, -0.1) is 0 Å². The van der Waals surface area contributed by atoms with Gasteiger partial charge in [0.2, 0.25) is 0 Å². The van der Waals surface area contributed by atoms with Crippen LogP contribution in [-0.2, 0) is 0 Å². The predicted octanol–water partition coefficient (Wildman–Crippen LogP) is 4.37. The van der Waals surface area contributed by atoms with Crippen LogP contribution in [-0.4, -0.2) is 24.0 Å². The van der Waals surface area contributed by atoms with Gasteiger partial charge in [-0.2, -0.15) is 0 Å². The molecule has 0 radical (unpaired) electrons. The molecule has 1 aromatic heterocycles. The number of nitrogens with one attached hydrogen (secondary N) is 1. The van der Waals surface area contributed by atoms with E-state index in [1.807, 2.05) is 18.2 Å². The molecule has 4 nitrogen and oxygen atoms in total. The number of pyridine rings is 1. The van der Waals surface area contributed by atoms with Crippen molar-refractivity contribution in [3.8, 4) is 0 Å². The first-order valence-electron chi connectivity index (χ1n) is 8.00. The summed E-state index contributed by atoms with van der Waals surface area (Å²) in [6.45, 7) is 2.08. The molecule has 0 spiro atoms. The number of halogens is 1. The molecule has 2 heterocycles. The Hall–Kier alpha value is -2.07. The van der Waals surface area contributed by atoms with Gasteiger partial charge in [0.25, 0.3) is 5.91 Å². The van der Waals surface area contributed by atoms with Crippen LogP contribution in [0.2, 0.25) is 5.02 Å². The molecule has 120 valence electrons. The Morgan fingerprint density at radius 1 is 1.09 bits per heavy atom. The van der Waals surface area contributed by atoms with Gasteiger partial charge in [0.15, 0.2) is 0 Å². The molecule has 1 N–H and O–H groups in total. The van der Waals surface area contributed by atoms with Crippen LogP contribution in [0.5, 0.6) is 0 Å². The van der Waals surface area contributed by atoms with Gasteiger partial charge in [0, 0.05) is 35.7 Å². The zero-order chi connectivity index (χ0) is 16.1. The molecule has 1 aliphatic rings. The van der Waals surface area contributed by atoms with Crippen LogP contribution in [0.3, 0.4) is 0 Å². The minimum absolute atomic E-state index is 0.219. The largest absolute Gasteiger partial charge is 0.371 e. The van der Waals surface area contributed by atoms with Crippen molar-refractivity contribution >= 4 is 28.9 Å². The average Bonchev–Trinajstić information content (AvgIpc) is 2.84. The zero-order valence-electron chi connectivity index (χ0n) is 13.0. The lowest BCUT2D eigenvalue weighted by molar-refractivity contribution is 0.102. The number of anilines is 2. The van der Waals surface area contributed by atoms with Crippen LogP contribution in [0.1, 0.15) is 36.2 Å². The van der Waals surface area contributed by atoms with Gasteiger partial charge in [0.1, 0.15) is 5.69 Å². The third kappa shape index (κ3) is 4.23. The Balaban J connectivity index is 1.74. The summed E-state index contributed by atoms with van der Waals surface area (Å²) in [5.74, 6) is -0.219. The highest BCUT2D eigenvalue weighted by molar-refractivity contribution is 6.30. The lowest BCUT2D eigenvalue weighted by atomic mass is 10.2. The van der Waals surface area contributed by atoms with E-state index in [0.717, 1.165) is 18.8 Å². The summed E-state index contributed by atoms with van der Waals surface area (Å²) < 4.78 is 0. The van der Waals surface area contributed by atoms with Gasteiger partial charge in [-0.3, -0.25) is 9.78 Å². The van der Waals surface area contributed by atoms with Crippen molar-refractivity contribution in [2.75, 3.05) is 23.3 Å². The van der Waals surface area contributed by atoms with E-state index in [0.29, 0.717) is 16.4 Å². The van der Waals surface area contributed by atoms with Gasteiger partial charge >= 0.3 is 0 Å². The maximum atomic E-state index is 12.4. The van der Waals surface area contributed by atoms with E-state index < -0.39 is 0 Å². The molecule has 0 aliphatic carbocycles. The Morgan fingerprint density at radius 3 is 2.61 bits per heavy atom.